The fourth-order valence-corrected chi connectivity index (χ4v) is 4.43. The van der Waals surface area contributed by atoms with E-state index in [0.717, 1.165) is 43.6 Å². The van der Waals surface area contributed by atoms with E-state index >= 15 is 0 Å². The molecule has 0 bridgehead atoms. The number of alkyl carbamates (subject to hydrolysis) is 1. The minimum Gasteiger partial charge on any atom is -0.453 e. The zero-order chi connectivity index (χ0) is 25.6. The summed E-state index contributed by atoms with van der Waals surface area (Å²) in [5.74, 6) is 0.467. The first-order valence-corrected chi connectivity index (χ1v) is 12.6. The molecule has 0 radical (unpaired) electrons. The number of hydrogen-bond donors (Lipinski definition) is 3. The van der Waals surface area contributed by atoms with Crippen LogP contribution in [0.25, 0.3) is 0 Å². The molecule has 3 atom stereocenters. The highest BCUT2D eigenvalue weighted by Crippen LogP contribution is 2.27. The van der Waals surface area contributed by atoms with Gasteiger partial charge in [0.05, 0.1) is 19.8 Å². The van der Waals surface area contributed by atoms with Gasteiger partial charge < -0.3 is 35.1 Å². The summed E-state index contributed by atoms with van der Waals surface area (Å²) in [4.78, 5) is 25.9. The van der Waals surface area contributed by atoms with Crippen molar-refractivity contribution in [3.8, 4) is 0 Å². The molecule has 1 fully saturated rings. The average molecular weight is 513 g/mol. The van der Waals surface area contributed by atoms with Gasteiger partial charge in [0.15, 0.2) is 0 Å². The van der Waals surface area contributed by atoms with E-state index in [2.05, 4.69) is 20.7 Å². The van der Waals surface area contributed by atoms with Crippen LogP contribution in [0.4, 0.5) is 9.59 Å². The number of aryl methyl sites for hydroxylation is 1. The molecule has 9 nitrogen and oxygen atoms in total. The van der Waals surface area contributed by atoms with Gasteiger partial charge >= 0.3 is 12.1 Å². The maximum Gasteiger partial charge on any atom is 0.406 e. The topological polar surface area (TPSA) is 101 Å². The van der Waals surface area contributed by atoms with E-state index in [4.69, 9.17) is 21.1 Å². The molecule has 3 amide bonds. The largest absolute Gasteiger partial charge is 0.453 e. The Morgan fingerprint density at radius 2 is 2.14 bits per heavy atom. The molecule has 1 heterocycles. The van der Waals surface area contributed by atoms with Crippen molar-refractivity contribution in [2.75, 3.05) is 60.7 Å². The van der Waals surface area contributed by atoms with Gasteiger partial charge in [-0.2, -0.15) is 0 Å². The van der Waals surface area contributed by atoms with E-state index < -0.39 is 6.09 Å². The van der Waals surface area contributed by atoms with Gasteiger partial charge in [-0.3, -0.25) is 0 Å². The van der Waals surface area contributed by atoms with E-state index in [9.17, 15) is 9.59 Å². The number of likely N-dealkylation sites (N-methyl/N-ethyl adjacent to an activating group) is 1. The van der Waals surface area contributed by atoms with Gasteiger partial charge in [0, 0.05) is 51.0 Å². The molecule has 35 heavy (non-hydrogen) atoms. The number of carbonyl (C=O) groups excluding carboxylic acids is 2. The lowest BCUT2D eigenvalue weighted by Gasteiger charge is -2.29. The molecule has 0 saturated carbocycles. The second kappa shape index (κ2) is 15.8. The summed E-state index contributed by atoms with van der Waals surface area (Å²) in [6.45, 7) is 5.40. The first kappa shape index (κ1) is 29.2. The second-order valence-corrected chi connectivity index (χ2v) is 9.45. The molecule has 2 rings (SSSR count). The predicted octanol–water partition coefficient (Wildman–Crippen LogP) is 3.50. The smallest absolute Gasteiger partial charge is 0.406 e. The van der Waals surface area contributed by atoms with Crippen LogP contribution in [-0.2, 0) is 14.2 Å². The van der Waals surface area contributed by atoms with Gasteiger partial charge in [-0.1, -0.05) is 17.7 Å². The molecule has 1 saturated heterocycles. The Kier molecular flexibility index (Phi) is 13.2. The number of halogens is 1. The fourth-order valence-electron chi connectivity index (χ4n) is 4.25. The van der Waals surface area contributed by atoms with E-state index in [-0.39, 0.29) is 18.2 Å². The summed E-state index contributed by atoms with van der Waals surface area (Å²) < 4.78 is 16.3. The van der Waals surface area contributed by atoms with Crippen molar-refractivity contribution in [3.63, 3.8) is 0 Å². The van der Waals surface area contributed by atoms with Crippen molar-refractivity contribution in [2.45, 2.75) is 44.8 Å². The lowest BCUT2D eigenvalue weighted by molar-refractivity contribution is 0.0427. The monoisotopic (exact) mass is 512 g/mol. The Bertz CT molecular complexity index is 791. The third-order valence-corrected chi connectivity index (χ3v) is 6.42. The van der Waals surface area contributed by atoms with Crippen LogP contribution in [0, 0.1) is 12.8 Å². The van der Waals surface area contributed by atoms with Gasteiger partial charge in [0.1, 0.15) is 0 Å². The Hall–Kier alpha value is -2.07. The van der Waals surface area contributed by atoms with E-state index in [1.807, 2.05) is 32.2 Å². The summed E-state index contributed by atoms with van der Waals surface area (Å²) >= 11 is 6.24. The van der Waals surface area contributed by atoms with Crippen LogP contribution in [0.15, 0.2) is 18.2 Å². The molecule has 3 N–H and O–H groups in total. The minimum atomic E-state index is -0.503. The van der Waals surface area contributed by atoms with Crippen LogP contribution >= 0.6 is 11.6 Å². The lowest BCUT2D eigenvalue weighted by atomic mass is 9.94. The molecule has 10 heteroatoms. The highest BCUT2D eigenvalue weighted by atomic mass is 35.5. The number of carbonyl (C=O) groups is 2. The predicted molar refractivity (Wildman–Crippen MR) is 137 cm³/mol. The Labute approximate surface area is 214 Å². The van der Waals surface area contributed by atoms with Gasteiger partial charge in [-0.25, -0.2) is 9.59 Å². The van der Waals surface area contributed by atoms with Crippen molar-refractivity contribution in [3.05, 3.63) is 34.3 Å². The van der Waals surface area contributed by atoms with Crippen LogP contribution < -0.4 is 16.0 Å². The summed E-state index contributed by atoms with van der Waals surface area (Å²) in [6.07, 6.45) is 2.89. The zero-order valence-electron chi connectivity index (χ0n) is 21.4. The normalized spacial score (nSPS) is 17.3. The van der Waals surface area contributed by atoms with Gasteiger partial charge in [-0.15, -0.1) is 0 Å². The summed E-state index contributed by atoms with van der Waals surface area (Å²) in [5, 5.41) is 9.58. The van der Waals surface area contributed by atoms with E-state index in [1.165, 1.54) is 7.11 Å². The number of nitrogens with one attached hydrogen (secondary N) is 3. The van der Waals surface area contributed by atoms with Crippen molar-refractivity contribution in [2.24, 2.45) is 5.92 Å². The van der Waals surface area contributed by atoms with Crippen LogP contribution in [0.1, 0.15) is 42.9 Å². The van der Waals surface area contributed by atoms with Gasteiger partial charge in [0.2, 0.25) is 0 Å². The number of hydrogen-bond acceptors (Lipinski definition) is 6. The molecule has 1 aromatic rings. The maximum atomic E-state index is 12.9. The standard InChI is InChI=1S/C25H41ClN4O5/c1-18-7-8-20(26)15-22(18)23(35-13-10-28-25(32)33-4)9-11-30(3)24(31)29-21(16-27-2)14-19-6-5-12-34-17-19/h7-8,15,19,21,23,27H,5-6,9-14,16-17H2,1-4H3,(H,28,32)(H,29,31)/t19-,21+,23-/m1/s1. The first-order valence-electron chi connectivity index (χ1n) is 12.3. The van der Waals surface area contributed by atoms with E-state index in [1.54, 1.807) is 11.9 Å². The molecule has 1 aliphatic rings. The number of benzene rings is 1. The number of rotatable bonds is 13. The quantitative estimate of drug-likeness (QED) is 0.350. The van der Waals surface area contributed by atoms with Crippen molar-refractivity contribution >= 4 is 23.7 Å². The fraction of sp³-hybridized carbons (Fsp3) is 0.680. The highest BCUT2D eigenvalue weighted by molar-refractivity contribution is 6.30. The second-order valence-electron chi connectivity index (χ2n) is 9.01. The van der Waals surface area contributed by atoms with Crippen molar-refractivity contribution in [1.82, 2.24) is 20.9 Å². The Balaban J connectivity index is 1.94. The van der Waals surface area contributed by atoms with Gasteiger partial charge in [0.25, 0.3) is 0 Å². The average Bonchev–Trinajstić information content (AvgIpc) is 2.85. The first-order chi connectivity index (χ1) is 16.8. The number of amides is 3. The molecular weight excluding hydrogens is 472 g/mol. The SMILES string of the molecule is CNC[C@H](C[C@H]1CCCOC1)NC(=O)N(C)CC[C@@H](OCCNC(=O)OC)c1cc(Cl)ccc1C. The van der Waals surface area contributed by atoms with Gasteiger partial charge in [-0.05, 0) is 68.8 Å². The third-order valence-electron chi connectivity index (χ3n) is 6.19. The molecule has 0 aromatic heterocycles. The molecule has 1 aliphatic heterocycles. The maximum absolute atomic E-state index is 12.9. The minimum absolute atomic E-state index is 0.0354. The van der Waals surface area contributed by atoms with Crippen molar-refractivity contribution in [1.29, 1.82) is 0 Å². The molecule has 0 aliphatic carbocycles. The van der Waals surface area contributed by atoms with Crippen LogP contribution in [0.5, 0.6) is 0 Å². The molecular formula is C25H41ClN4O5. The number of methoxy groups -OCH3 is 1. The van der Waals surface area contributed by atoms with E-state index in [0.29, 0.717) is 43.6 Å². The number of nitrogens with zero attached hydrogens (tertiary/aromatic N) is 1. The molecule has 1 aromatic carbocycles. The Morgan fingerprint density at radius 1 is 1.34 bits per heavy atom. The lowest BCUT2D eigenvalue weighted by Crippen LogP contribution is -2.48. The van der Waals surface area contributed by atoms with Crippen molar-refractivity contribution < 1.29 is 23.8 Å². The number of urea groups is 1. The Morgan fingerprint density at radius 3 is 2.83 bits per heavy atom. The summed E-state index contributed by atoms with van der Waals surface area (Å²) in [5.41, 5.74) is 2.02. The zero-order valence-corrected chi connectivity index (χ0v) is 22.2. The van der Waals surface area contributed by atoms with Crippen LogP contribution in [0.3, 0.4) is 0 Å². The van der Waals surface area contributed by atoms with Crippen LogP contribution in [-0.4, -0.2) is 83.7 Å². The summed E-state index contributed by atoms with van der Waals surface area (Å²) in [7, 11) is 5.00. The molecule has 0 spiro atoms. The summed E-state index contributed by atoms with van der Waals surface area (Å²) in [6, 6.07) is 5.61. The van der Waals surface area contributed by atoms with Crippen LogP contribution in [0.2, 0.25) is 5.02 Å². The number of ether oxygens (including phenoxy) is 3. The highest BCUT2D eigenvalue weighted by Gasteiger charge is 2.23. The molecule has 0 unspecified atom stereocenters. The molecule has 198 valence electrons. The third kappa shape index (κ3) is 10.6.